The number of ketones is 1. The highest BCUT2D eigenvalue weighted by Gasteiger charge is 2.48. The Morgan fingerprint density at radius 3 is 2.39 bits per heavy atom. The summed E-state index contributed by atoms with van der Waals surface area (Å²) in [5.41, 5.74) is 3.17. The molecule has 5 rings (SSSR count). The van der Waals surface area contributed by atoms with Crippen molar-refractivity contribution in [2.45, 2.75) is 36.9 Å². The molecule has 11 heteroatoms. The van der Waals surface area contributed by atoms with Gasteiger partial charge >= 0.3 is 5.91 Å². The predicted molar refractivity (Wildman–Crippen MR) is 158 cm³/mol. The second-order valence-electron chi connectivity index (χ2n) is 9.10. The van der Waals surface area contributed by atoms with Gasteiger partial charge in [0, 0.05) is 23.7 Å². The van der Waals surface area contributed by atoms with Crippen molar-refractivity contribution < 1.29 is 24.2 Å². The van der Waals surface area contributed by atoms with Crippen molar-refractivity contribution in [2.75, 3.05) is 18.1 Å². The molecule has 0 bridgehead atoms. The number of aliphatic hydroxyl groups excluding tert-OH is 1. The Morgan fingerprint density at radius 2 is 1.68 bits per heavy atom. The van der Waals surface area contributed by atoms with Gasteiger partial charge in [0.2, 0.25) is 5.13 Å². The van der Waals surface area contributed by atoms with Crippen molar-refractivity contribution in [1.82, 2.24) is 15.2 Å². The molecule has 1 N–H and O–H groups in total. The lowest BCUT2D eigenvalue weighted by atomic mass is 9.95. The Labute approximate surface area is 245 Å². The van der Waals surface area contributed by atoms with Crippen LogP contribution in [0.3, 0.4) is 0 Å². The molecule has 0 radical (unpaired) electrons. The van der Waals surface area contributed by atoms with Gasteiger partial charge in [-0.15, -0.1) is 10.2 Å². The first-order valence-corrected chi connectivity index (χ1v) is 14.8. The minimum absolute atomic E-state index is 0.0585. The van der Waals surface area contributed by atoms with E-state index in [2.05, 4.69) is 39.4 Å². The molecule has 0 aliphatic carbocycles. The molecule has 2 aromatic heterocycles. The smallest absolute Gasteiger partial charge is 0.301 e. The molecule has 4 aromatic rings. The van der Waals surface area contributed by atoms with Crippen LogP contribution in [0.2, 0.25) is 0 Å². The fourth-order valence-corrected chi connectivity index (χ4v) is 6.26. The zero-order valence-electron chi connectivity index (χ0n) is 22.7. The largest absolute Gasteiger partial charge is 0.507 e. The van der Waals surface area contributed by atoms with Gasteiger partial charge in [-0.05, 0) is 56.2 Å². The maximum atomic E-state index is 13.5. The van der Waals surface area contributed by atoms with Gasteiger partial charge in [0.15, 0.2) is 15.8 Å². The Morgan fingerprint density at radius 1 is 0.976 bits per heavy atom. The number of hydrogen-bond acceptors (Lipinski definition) is 10. The second kappa shape index (κ2) is 12.5. The number of nitrogens with zero attached hydrogens (tertiary/aromatic N) is 4. The number of aromatic nitrogens is 3. The molecule has 1 amide bonds. The molecule has 41 heavy (non-hydrogen) atoms. The highest BCUT2D eigenvalue weighted by Crippen LogP contribution is 2.45. The van der Waals surface area contributed by atoms with E-state index in [1.165, 1.54) is 46.0 Å². The first-order chi connectivity index (χ1) is 19.9. The maximum absolute atomic E-state index is 13.5. The molecule has 1 atom stereocenters. The first-order valence-electron chi connectivity index (χ1n) is 13.0. The third kappa shape index (κ3) is 5.96. The molecule has 9 nitrogen and oxygen atoms in total. The lowest BCUT2D eigenvalue weighted by Crippen LogP contribution is -2.29. The SMILES string of the molecule is CCOc1ccc(C2/C(=C(\O)c3ccncc3)C(=O)C(=O)N2c2nnc(SCc3ccc(C)cc3)s2)cc1OCC. The normalized spacial score (nSPS) is 16.3. The zero-order chi connectivity index (χ0) is 28.9. The molecular weight excluding hydrogens is 560 g/mol. The van der Waals surface area contributed by atoms with Crippen molar-refractivity contribution >= 4 is 45.7 Å². The van der Waals surface area contributed by atoms with E-state index in [0.29, 0.717) is 45.9 Å². The van der Waals surface area contributed by atoms with Gasteiger partial charge in [-0.25, -0.2) is 0 Å². The Balaban J connectivity index is 1.57. The lowest BCUT2D eigenvalue weighted by molar-refractivity contribution is -0.132. The van der Waals surface area contributed by atoms with Gasteiger partial charge in [-0.2, -0.15) is 0 Å². The lowest BCUT2D eigenvalue weighted by Gasteiger charge is -2.23. The monoisotopic (exact) mass is 588 g/mol. The van der Waals surface area contributed by atoms with E-state index in [1.807, 2.05) is 20.8 Å². The standard InChI is InChI=1S/C30H28N4O5S2/c1-4-38-22-11-10-21(16-23(22)39-5-2)25-24(26(35)20-12-14-31-15-13-20)27(36)28(37)34(25)29-32-33-30(41-29)40-17-19-8-6-18(3)7-9-19/h6-16,25,35H,4-5,17H2,1-3H3/b26-24+. The molecular formula is C30H28N4O5S2. The van der Waals surface area contributed by atoms with E-state index in [0.717, 1.165) is 5.56 Å². The van der Waals surface area contributed by atoms with Crippen molar-refractivity contribution in [3.05, 3.63) is 94.8 Å². The molecule has 0 spiro atoms. The minimum atomic E-state index is -0.971. The van der Waals surface area contributed by atoms with Crippen LogP contribution in [0.25, 0.3) is 5.76 Å². The van der Waals surface area contributed by atoms with Crippen molar-refractivity contribution in [3.63, 3.8) is 0 Å². The topological polar surface area (TPSA) is 115 Å². The Hall–Kier alpha value is -4.22. The average molecular weight is 589 g/mol. The van der Waals surface area contributed by atoms with Crippen molar-refractivity contribution in [2.24, 2.45) is 0 Å². The Kier molecular flexibility index (Phi) is 8.65. The Bertz CT molecular complexity index is 1590. The number of thioether (sulfide) groups is 1. The summed E-state index contributed by atoms with van der Waals surface area (Å²) in [6.45, 7) is 6.59. The first kappa shape index (κ1) is 28.3. The van der Waals surface area contributed by atoms with Crippen molar-refractivity contribution in [1.29, 1.82) is 0 Å². The third-order valence-corrected chi connectivity index (χ3v) is 8.49. The molecule has 1 aliphatic heterocycles. The van der Waals surface area contributed by atoms with Crippen LogP contribution in [-0.2, 0) is 15.3 Å². The van der Waals surface area contributed by atoms with E-state index in [9.17, 15) is 14.7 Å². The average Bonchev–Trinajstić information content (AvgIpc) is 3.56. The molecule has 210 valence electrons. The highest BCUT2D eigenvalue weighted by atomic mass is 32.2. The number of carbonyl (C=O) groups is 2. The number of hydrogen-bond donors (Lipinski definition) is 1. The molecule has 1 saturated heterocycles. The fraction of sp³-hybridized carbons (Fsp3) is 0.233. The van der Waals surface area contributed by atoms with Crippen LogP contribution in [0.4, 0.5) is 5.13 Å². The van der Waals surface area contributed by atoms with Crippen LogP contribution in [0.15, 0.2) is 76.9 Å². The number of aliphatic hydroxyl groups is 1. The van der Waals surface area contributed by atoms with E-state index < -0.39 is 17.7 Å². The molecule has 0 saturated carbocycles. The fourth-order valence-electron chi connectivity index (χ4n) is 4.44. The van der Waals surface area contributed by atoms with Crippen LogP contribution < -0.4 is 14.4 Å². The van der Waals surface area contributed by atoms with Gasteiger partial charge in [-0.3, -0.25) is 19.5 Å². The third-order valence-electron chi connectivity index (χ3n) is 6.37. The van der Waals surface area contributed by atoms with E-state index in [1.54, 1.807) is 30.3 Å². The summed E-state index contributed by atoms with van der Waals surface area (Å²) in [7, 11) is 0. The van der Waals surface area contributed by atoms with Gasteiger partial charge in [0.05, 0.1) is 24.8 Å². The maximum Gasteiger partial charge on any atom is 0.301 e. The molecule has 1 aliphatic rings. The van der Waals surface area contributed by atoms with Gasteiger partial charge in [0.25, 0.3) is 5.78 Å². The summed E-state index contributed by atoms with van der Waals surface area (Å²) >= 11 is 2.71. The van der Waals surface area contributed by atoms with Crippen LogP contribution >= 0.6 is 23.1 Å². The number of Topliss-reactive ketones (excluding diaryl/α,β-unsaturated/α-hetero) is 1. The number of pyridine rings is 1. The summed E-state index contributed by atoms with van der Waals surface area (Å²) in [5, 5.41) is 20.1. The summed E-state index contributed by atoms with van der Waals surface area (Å²) in [6, 6.07) is 15.6. The second-order valence-corrected chi connectivity index (χ2v) is 11.3. The molecule has 1 unspecified atom stereocenters. The van der Waals surface area contributed by atoms with E-state index >= 15 is 0 Å². The number of carbonyl (C=O) groups excluding carboxylic acids is 2. The quantitative estimate of drug-likeness (QED) is 0.0788. The zero-order valence-corrected chi connectivity index (χ0v) is 24.4. The predicted octanol–water partition coefficient (Wildman–Crippen LogP) is 5.96. The number of amides is 1. The molecule has 3 heterocycles. The van der Waals surface area contributed by atoms with E-state index in [-0.39, 0.29) is 16.5 Å². The van der Waals surface area contributed by atoms with Crippen LogP contribution in [0, 0.1) is 6.92 Å². The summed E-state index contributed by atoms with van der Waals surface area (Å²) < 4.78 is 12.2. The van der Waals surface area contributed by atoms with Crippen LogP contribution in [0.1, 0.15) is 42.1 Å². The highest BCUT2D eigenvalue weighted by molar-refractivity contribution is 8.00. The molecule has 2 aromatic carbocycles. The summed E-state index contributed by atoms with van der Waals surface area (Å²) in [5.74, 6) is -0.245. The van der Waals surface area contributed by atoms with E-state index in [4.69, 9.17) is 9.47 Å². The van der Waals surface area contributed by atoms with Crippen LogP contribution in [-0.4, -0.2) is 45.2 Å². The van der Waals surface area contributed by atoms with Crippen molar-refractivity contribution in [3.8, 4) is 11.5 Å². The number of anilines is 1. The summed E-state index contributed by atoms with van der Waals surface area (Å²) in [4.78, 5) is 32.3. The number of aryl methyl sites for hydroxylation is 1. The number of rotatable bonds is 10. The number of ether oxygens (including phenoxy) is 2. The van der Waals surface area contributed by atoms with Crippen LogP contribution in [0.5, 0.6) is 11.5 Å². The minimum Gasteiger partial charge on any atom is -0.507 e. The molecule has 1 fully saturated rings. The van der Waals surface area contributed by atoms with Gasteiger partial charge in [-0.1, -0.05) is 59.0 Å². The number of benzene rings is 2. The van der Waals surface area contributed by atoms with Gasteiger partial charge < -0.3 is 14.6 Å². The summed E-state index contributed by atoms with van der Waals surface area (Å²) in [6.07, 6.45) is 3.01. The van der Waals surface area contributed by atoms with Gasteiger partial charge in [0.1, 0.15) is 5.76 Å².